The molecule has 1 aromatic carbocycles. The third-order valence-corrected chi connectivity index (χ3v) is 4.26. The normalized spacial score (nSPS) is 11.1. The first-order valence-electron chi connectivity index (χ1n) is 8.28. The smallest absolute Gasteiger partial charge is 0.165 e. The van der Waals surface area contributed by atoms with Gasteiger partial charge < -0.3 is 9.30 Å². The van der Waals surface area contributed by atoms with Crippen molar-refractivity contribution in [2.75, 3.05) is 7.11 Å². The molecule has 0 aliphatic heterocycles. The van der Waals surface area contributed by atoms with Gasteiger partial charge in [-0.3, -0.25) is 0 Å². The molecule has 4 rings (SSSR count). The number of imidazole rings is 1. The maximum absolute atomic E-state index is 5.20. The van der Waals surface area contributed by atoms with Crippen LogP contribution >= 0.6 is 0 Å². The fourth-order valence-corrected chi connectivity index (χ4v) is 2.96. The highest BCUT2D eigenvalue weighted by Gasteiger charge is 2.12. The molecule has 0 unspecified atom stereocenters. The zero-order valence-corrected chi connectivity index (χ0v) is 14.0. The number of aryl methyl sites for hydroxylation is 2. The maximum Gasteiger partial charge on any atom is 0.165 e. The summed E-state index contributed by atoms with van der Waals surface area (Å²) in [5, 5.41) is 4.35. The van der Waals surface area contributed by atoms with Crippen LogP contribution in [0.25, 0.3) is 17.0 Å². The van der Waals surface area contributed by atoms with E-state index in [0.717, 1.165) is 42.2 Å². The predicted molar refractivity (Wildman–Crippen MR) is 95.5 cm³/mol. The Bertz CT molecular complexity index is 971. The van der Waals surface area contributed by atoms with Gasteiger partial charge in [-0.05, 0) is 36.6 Å². The Hall–Kier alpha value is -3.15. The molecule has 0 bridgehead atoms. The number of nitrogens with zero attached hydrogens (tertiary/aromatic N) is 5. The number of hydrogen-bond acceptors (Lipinski definition) is 4. The summed E-state index contributed by atoms with van der Waals surface area (Å²) in [6, 6.07) is 10.1. The SMILES string of the molecule is COc1ccc(CCCn2ccnc2-c2cnn3cccnc23)cc1. The third kappa shape index (κ3) is 3.10. The van der Waals surface area contributed by atoms with Gasteiger partial charge in [0.2, 0.25) is 0 Å². The molecular weight excluding hydrogens is 314 g/mol. The van der Waals surface area contributed by atoms with Gasteiger partial charge in [0.1, 0.15) is 11.6 Å². The summed E-state index contributed by atoms with van der Waals surface area (Å²) in [5.41, 5.74) is 3.08. The summed E-state index contributed by atoms with van der Waals surface area (Å²) in [5.74, 6) is 1.80. The summed E-state index contributed by atoms with van der Waals surface area (Å²) in [4.78, 5) is 8.93. The van der Waals surface area contributed by atoms with Crippen LogP contribution in [-0.4, -0.2) is 31.3 Å². The van der Waals surface area contributed by atoms with Gasteiger partial charge in [0, 0.05) is 31.3 Å². The van der Waals surface area contributed by atoms with Gasteiger partial charge in [0.05, 0.1) is 18.9 Å². The van der Waals surface area contributed by atoms with Crippen molar-refractivity contribution in [1.29, 1.82) is 0 Å². The van der Waals surface area contributed by atoms with Crippen molar-refractivity contribution in [1.82, 2.24) is 24.1 Å². The van der Waals surface area contributed by atoms with E-state index in [4.69, 9.17) is 4.74 Å². The first-order valence-corrected chi connectivity index (χ1v) is 8.28. The first kappa shape index (κ1) is 15.4. The van der Waals surface area contributed by atoms with Crippen LogP contribution in [0, 0.1) is 0 Å². The van der Waals surface area contributed by atoms with E-state index in [1.165, 1.54) is 5.56 Å². The lowest BCUT2D eigenvalue weighted by Gasteiger charge is -2.07. The molecule has 0 spiro atoms. The zero-order valence-electron chi connectivity index (χ0n) is 14.0. The van der Waals surface area contributed by atoms with Gasteiger partial charge in [-0.1, -0.05) is 12.1 Å². The molecule has 126 valence electrons. The number of hydrogen-bond donors (Lipinski definition) is 0. The van der Waals surface area contributed by atoms with E-state index >= 15 is 0 Å². The van der Waals surface area contributed by atoms with Crippen LogP contribution in [0.4, 0.5) is 0 Å². The molecule has 3 aromatic heterocycles. The van der Waals surface area contributed by atoms with Crippen LogP contribution in [0.2, 0.25) is 0 Å². The van der Waals surface area contributed by atoms with E-state index < -0.39 is 0 Å². The fraction of sp³-hybridized carbons (Fsp3) is 0.211. The molecule has 0 fully saturated rings. The standard InChI is InChI=1S/C19H19N5O/c1-25-16-7-5-15(6-8-16)4-2-11-23-13-10-21-18(23)17-14-22-24-12-3-9-20-19(17)24/h3,5-10,12-14H,2,4,11H2,1H3. The van der Waals surface area contributed by atoms with Gasteiger partial charge in [0.15, 0.2) is 5.65 Å². The van der Waals surface area contributed by atoms with Gasteiger partial charge >= 0.3 is 0 Å². The largest absolute Gasteiger partial charge is 0.497 e. The Morgan fingerprint density at radius 1 is 1.04 bits per heavy atom. The molecule has 25 heavy (non-hydrogen) atoms. The van der Waals surface area contributed by atoms with Crippen LogP contribution in [0.1, 0.15) is 12.0 Å². The van der Waals surface area contributed by atoms with Crippen molar-refractivity contribution in [3.05, 3.63) is 66.9 Å². The molecule has 0 radical (unpaired) electrons. The predicted octanol–water partition coefficient (Wildman–Crippen LogP) is 3.23. The van der Waals surface area contributed by atoms with Gasteiger partial charge in [-0.2, -0.15) is 5.10 Å². The highest BCUT2D eigenvalue weighted by Crippen LogP contribution is 2.22. The fourth-order valence-electron chi connectivity index (χ4n) is 2.96. The highest BCUT2D eigenvalue weighted by atomic mass is 16.5. The number of rotatable bonds is 6. The van der Waals surface area contributed by atoms with E-state index in [1.54, 1.807) is 17.8 Å². The van der Waals surface area contributed by atoms with Crippen molar-refractivity contribution in [2.45, 2.75) is 19.4 Å². The summed E-state index contributed by atoms with van der Waals surface area (Å²) >= 11 is 0. The van der Waals surface area contributed by atoms with E-state index in [9.17, 15) is 0 Å². The molecule has 0 aliphatic rings. The second-order valence-electron chi connectivity index (χ2n) is 5.84. The van der Waals surface area contributed by atoms with E-state index in [-0.39, 0.29) is 0 Å². The highest BCUT2D eigenvalue weighted by molar-refractivity contribution is 5.72. The molecule has 6 heteroatoms. The Kier molecular flexibility index (Phi) is 4.16. The minimum atomic E-state index is 0.824. The summed E-state index contributed by atoms with van der Waals surface area (Å²) in [7, 11) is 1.69. The molecule has 0 N–H and O–H groups in total. The third-order valence-electron chi connectivity index (χ3n) is 4.26. The molecule has 0 atom stereocenters. The van der Waals surface area contributed by atoms with Crippen LogP contribution < -0.4 is 4.74 Å². The Morgan fingerprint density at radius 2 is 1.92 bits per heavy atom. The molecule has 0 aliphatic carbocycles. The Morgan fingerprint density at radius 3 is 2.76 bits per heavy atom. The molecule has 0 amide bonds. The van der Waals surface area contributed by atoms with E-state index in [1.807, 2.05) is 43.0 Å². The minimum Gasteiger partial charge on any atom is -0.497 e. The lowest BCUT2D eigenvalue weighted by molar-refractivity contribution is 0.414. The maximum atomic E-state index is 5.20. The van der Waals surface area contributed by atoms with Crippen molar-refractivity contribution in [3.8, 4) is 17.1 Å². The number of ether oxygens (including phenoxy) is 1. The van der Waals surface area contributed by atoms with Gasteiger partial charge in [0.25, 0.3) is 0 Å². The summed E-state index contributed by atoms with van der Waals surface area (Å²) < 4.78 is 9.13. The number of methoxy groups -OCH3 is 1. The van der Waals surface area contributed by atoms with E-state index in [2.05, 4.69) is 31.8 Å². The Labute approximate surface area is 145 Å². The second kappa shape index (κ2) is 6.76. The second-order valence-corrected chi connectivity index (χ2v) is 5.84. The molecule has 0 saturated carbocycles. The molecule has 6 nitrogen and oxygen atoms in total. The molecule has 0 saturated heterocycles. The summed E-state index contributed by atoms with van der Waals surface area (Å²) in [6.07, 6.45) is 11.4. The van der Waals surface area contributed by atoms with Crippen molar-refractivity contribution >= 4 is 5.65 Å². The average Bonchev–Trinajstić information content (AvgIpc) is 3.28. The quantitative estimate of drug-likeness (QED) is 0.543. The van der Waals surface area contributed by atoms with Crippen molar-refractivity contribution in [2.24, 2.45) is 0 Å². The monoisotopic (exact) mass is 333 g/mol. The topological polar surface area (TPSA) is 57.2 Å². The van der Waals surface area contributed by atoms with Crippen LogP contribution in [0.15, 0.2) is 61.3 Å². The lowest BCUT2D eigenvalue weighted by Crippen LogP contribution is -2.01. The Balaban J connectivity index is 1.48. The zero-order chi connectivity index (χ0) is 17.1. The lowest BCUT2D eigenvalue weighted by atomic mass is 10.1. The molecule has 3 heterocycles. The number of aromatic nitrogens is 5. The number of fused-ring (bicyclic) bond motifs is 1. The van der Waals surface area contributed by atoms with Crippen molar-refractivity contribution < 1.29 is 4.74 Å². The molecule has 4 aromatic rings. The van der Waals surface area contributed by atoms with Gasteiger partial charge in [-0.15, -0.1) is 0 Å². The van der Waals surface area contributed by atoms with Crippen LogP contribution in [0.5, 0.6) is 5.75 Å². The van der Waals surface area contributed by atoms with Crippen molar-refractivity contribution in [3.63, 3.8) is 0 Å². The first-order chi connectivity index (χ1) is 12.3. The van der Waals surface area contributed by atoms with E-state index in [0.29, 0.717) is 0 Å². The summed E-state index contributed by atoms with van der Waals surface area (Å²) in [6.45, 7) is 0.894. The minimum absolute atomic E-state index is 0.824. The average molecular weight is 333 g/mol. The van der Waals surface area contributed by atoms with Gasteiger partial charge in [-0.25, -0.2) is 14.5 Å². The number of benzene rings is 1. The molecular formula is C19H19N5O. The van der Waals surface area contributed by atoms with Crippen LogP contribution in [-0.2, 0) is 13.0 Å². The van der Waals surface area contributed by atoms with Crippen LogP contribution in [0.3, 0.4) is 0 Å².